The molecule has 0 radical (unpaired) electrons. The van der Waals surface area contributed by atoms with Crippen LogP contribution in [0.2, 0.25) is 0 Å². The fourth-order valence-electron chi connectivity index (χ4n) is 2.73. The van der Waals surface area contributed by atoms with Gasteiger partial charge < -0.3 is 19.9 Å². The van der Waals surface area contributed by atoms with Crippen LogP contribution in [0.5, 0.6) is 0 Å². The lowest BCUT2D eigenvalue weighted by Gasteiger charge is -2.29. The third-order valence-corrected chi connectivity index (χ3v) is 3.89. The fourth-order valence-corrected chi connectivity index (χ4v) is 2.73. The second-order valence-electron chi connectivity index (χ2n) is 5.81. The van der Waals surface area contributed by atoms with Gasteiger partial charge in [0, 0.05) is 31.5 Å². The van der Waals surface area contributed by atoms with Gasteiger partial charge in [-0.05, 0) is 12.1 Å². The minimum absolute atomic E-state index is 0.0628. The maximum absolute atomic E-state index is 13.6. The van der Waals surface area contributed by atoms with Gasteiger partial charge in [0.05, 0.1) is 19.7 Å². The number of nitrogens with one attached hydrogen (secondary N) is 1. The molecule has 0 saturated carbocycles. The highest BCUT2D eigenvalue weighted by molar-refractivity contribution is 5.93. The molecule has 0 unspecified atom stereocenters. The van der Waals surface area contributed by atoms with Crippen LogP contribution in [0.1, 0.15) is 10.5 Å². The van der Waals surface area contributed by atoms with Crippen molar-refractivity contribution in [2.24, 2.45) is 0 Å². The first-order valence-electron chi connectivity index (χ1n) is 7.67. The lowest BCUT2D eigenvalue weighted by molar-refractivity contribution is -0.120. The maximum Gasteiger partial charge on any atom is 0.288 e. The third kappa shape index (κ3) is 3.78. The molecule has 2 fully saturated rings. The summed E-state index contributed by atoms with van der Waals surface area (Å²) in [4.78, 5) is 30.9. The van der Waals surface area contributed by atoms with E-state index >= 15 is 0 Å². The Morgan fingerprint density at radius 3 is 3.00 bits per heavy atom. The largest absolute Gasteiger partial charge is 0.373 e. The predicted molar refractivity (Wildman–Crippen MR) is 81.1 cm³/mol. The van der Waals surface area contributed by atoms with Crippen molar-refractivity contribution in [1.29, 1.82) is 0 Å². The molecule has 1 aromatic rings. The predicted octanol–water partition coefficient (Wildman–Crippen LogP) is 0.125. The van der Waals surface area contributed by atoms with E-state index in [1.54, 1.807) is 6.07 Å². The van der Waals surface area contributed by atoms with Crippen molar-refractivity contribution >= 4 is 17.5 Å². The van der Waals surface area contributed by atoms with E-state index < -0.39 is 25.0 Å². The van der Waals surface area contributed by atoms with Crippen LogP contribution in [0.3, 0.4) is 0 Å². The number of carbonyl (C=O) groups excluding carboxylic acids is 2. The third-order valence-electron chi connectivity index (χ3n) is 3.89. The molecule has 0 atom stereocenters. The van der Waals surface area contributed by atoms with Crippen molar-refractivity contribution < 1.29 is 23.1 Å². The Bertz CT molecular complexity index is 641. The number of halogens is 2. The standard InChI is InChI=1S/C15H18F2N4O3/c16-15(17)9-21(5-6-24-10-15)14(23)12-7-11(1-2-18-12)20-4-3-19-13(22)8-20/h1-2,7H,3-6,8-10H2,(H,19,22). The molecule has 24 heavy (non-hydrogen) atoms. The summed E-state index contributed by atoms with van der Waals surface area (Å²) in [7, 11) is 0. The summed E-state index contributed by atoms with van der Waals surface area (Å²) in [5.74, 6) is -3.74. The molecule has 2 amide bonds. The van der Waals surface area contributed by atoms with Crippen LogP contribution in [0.15, 0.2) is 18.3 Å². The van der Waals surface area contributed by atoms with Crippen LogP contribution >= 0.6 is 0 Å². The Balaban J connectivity index is 1.77. The molecule has 0 aliphatic carbocycles. The van der Waals surface area contributed by atoms with Gasteiger partial charge in [0.2, 0.25) is 5.91 Å². The molecule has 0 aromatic carbocycles. The molecule has 7 nitrogen and oxygen atoms in total. The number of ether oxygens (including phenoxy) is 1. The number of nitrogens with zero attached hydrogens (tertiary/aromatic N) is 3. The van der Waals surface area contributed by atoms with E-state index in [0.29, 0.717) is 18.8 Å². The summed E-state index contributed by atoms with van der Waals surface area (Å²) < 4.78 is 32.1. The zero-order chi connectivity index (χ0) is 17.2. The van der Waals surface area contributed by atoms with Crippen molar-refractivity contribution in [3.05, 3.63) is 24.0 Å². The minimum Gasteiger partial charge on any atom is -0.373 e. The number of anilines is 1. The number of hydrogen-bond acceptors (Lipinski definition) is 5. The second kappa shape index (κ2) is 6.68. The first-order valence-corrected chi connectivity index (χ1v) is 7.67. The molecule has 1 N–H and O–H groups in total. The van der Waals surface area contributed by atoms with Gasteiger partial charge in [-0.15, -0.1) is 0 Å². The molecule has 3 heterocycles. The first-order chi connectivity index (χ1) is 11.4. The number of carbonyl (C=O) groups is 2. The smallest absolute Gasteiger partial charge is 0.288 e. The lowest BCUT2D eigenvalue weighted by Crippen LogP contribution is -2.47. The van der Waals surface area contributed by atoms with Crippen molar-refractivity contribution in [3.8, 4) is 0 Å². The van der Waals surface area contributed by atoms with Crippen molar-refractivity contribution in [2.45, 2.75) is 5.92 Å². The number of alkyl halides is 2. The highest BCUT2D eigenvalue weighted by Crippen LogP contribution is 2.21. The Hall–Kier alpha value is -2.29. The summed E-state index contributed by atoms with van der Waals surface area (Å²) in [6.07, 6.45) is 1.45. The van der Waals surface area contributed by atoms with Crippen LogP contribution in [0, 0.1) is 0 Å². The molecule has 2 aliphatic heterocycles. The van der Waals surface area contributed by atoms with Crippen LogP contribution < -0.4 is 10.2 Å². The van der Waals surface area contributed by atoms with Gasteiger partial charge in [0.15, 0.2) is 0 Å². The number of hydrogen-bond donors (Lipinski definition) is 1. The Morgan fingerprint density at radius 2 is 2.21 bits per heavy atom. The Labute approximate surface area is 137 Å². The van der Waals surface area contributed by atoms with Crippen LogP contribution in [-0.4, -0.2) is 73.6 Å². The normalized spacial score (nSPS) is 21.2. The van der Waals surface area contributed by atoms with Gasteiger partial charge in [0.1, 0.15) is 12.3 Å². The van der Waals surface area contributed by atoms with Crippen molar-refractivity contribution in [1.82, 2.24) is 15.2 Å². The van der Waals surface area contributed by atoms with Crippen molar-refractivity contribution in [2.75, 3.05) is 50.8 Å². The van der Waals surface area contributed by atoms with Gasteiger partial charge >= 0.3 is 0 Å². The molecular formula is C15H18F2N4O3. The Kier molecular flexibility index (Phi) is 4.61. The molecule has 1 aromatic heterocycles. The topological polar surface area (TPSA) is 74.8 Å². The van der Waals surface area contributed by atoms with E-state index in [1.807, 2.05) is 4.90 Å². The molecule has 2 aliphatic rings. The van der Waals surface area contributed by atoms with E-state index in [-0.39, 0.29) is 31.3 Å². The first kappa shape index (κ1) is 16.6. The summed E-state index contributed by atoms with van der Waals surface area (Å²) in [6.45, 7) is 0.0865. The molecule has 9 heteroatoms. The van der Waals surface area contributed by atoms with E-state index in [2.05, 4.69) is 10.3 Å². The summed E-state index contributed by atoms with van der Waals surface area (Å²) in [5, 5.41) is 2.72. The minimum atomic E-state index is -3.07. The zero-order valence-corrected chi connectivity index (χ0v) is 13.0. The molecule has 3 rings (SSSR count). The van der Waals surface area contributed by atoms with Crippen LogP contribution in [0.4, 0.5) is 14.5 Å². The highest BCUT2D eigenvalue weighted by atomic mass is 19.3. The second-order valence-corrected chi connectivity index (χ2v) is 5.81. The van der Waals surface area contributed by atoms with Gasteiger partial charge in [-0.3, -0.25) is 14.6 Å². The van der Waals surface area contributed by atoms with Crippen LogP contribution in [0.25, 0.3) is 0 Å². The summed E-state index contributed by atoms with van der Waals surface area (Å²) in [5.41, 5.74) is 0.747. The number of pyridine rings is 1. The summed E-state index contributed by atoms with van der Waals surface area (Å²) in [6, 6.07) is 3.22. The van der Waals surface area contributed by atoms with E-state index in [1.165, 1.54) is 12.3 Å². The molecule has 0 spiro atoms. The van der Waals surface area contributed by atoms with Gasteiger partial charge in [-0.25, -0.2) is 8.78 Å². The average Bonchev–Trinajstić information content (AvgIpc) is 2.75. The van der Waals surface area contributed by atoms with E-state index in [0.717, 1.165) is 4.90 Å². The van der Waals surface area contributed by atoms with E-state index in [4.69, 9.17) is 4.74 Å². The number of amides is 2. The van der Waals surface area contributed by atoms with Crippen molar-refractivity contribution in [3.63, 3.8) is 0 Å². The van der Waals surface area contributed by atoms with Gasteiger partial charge in [-0.2, -0.15) is 0 Å². The number of piperazine rings is 1. The monoisotopic (exact) mass is 340 g/mol. The number of rotatable bonds is 2. The highest BCUT2D eigenvalue weighted by Gasteiger charge is 2.37. The fraction of sp³-hybridized carbons (Fsp3) is 0.533. The van der Waals surface area contributed by atoms with Gasteiger partial charge in [-0.1, -0.05) is 0 Å². The SMILES string of the molecule is O=C1CN(c2ccnc(C(=O)N3CCOCC(F)(F)C3)c2)CCN1. The van der Waals surface area contributed by atoms with E-state index in [9.17, 15) is 18.4 Å². The lowest BCUT2D eigenvalue weighted by atomic mass is 10.2. The molecular weight excluding hydrogens is 322 g/mol. The number of aromatic nitrogens is 1. The molecule has 130 valence electrons. The Morgan fingerprint density at radius 1 is 1.38 bits per heavy atom. The zero-order valence-electron chi connectivity index (χ0n) is 13.0. The summed E-state index contributed by atoms with van der Waals surface area (Å²) >= 11 is 0. The van der Waals surface area contributed by atoms with Crippen LogP contribution in [-0.2, 0) is 9.53 Å². The maximum atomic E-state index is 13.6. The average molecular weight is 340 g/mol. The van der Waals surface area contributed by atoms with Gasteiger partial charge in [0.25, 0.3) is 11.8 Å². The quantitative estimate of drug-likeness (QED) is 0.828. The molecule has 0 bridgehead atoms. The molecule has 2 saturated heterocycles.